The Morgan fingerprint density at radius 1 is 1.79 bits per heavy atom. The van der Waals surface area contributed by atoms with E-state index in [2.05, 4.69) is 22.3 Å². The van der Waals surface area contributed by atoms with Gasteiger partial charge in [0.05, 0.1) is 13.5 Å². The van der Waals surface area contributed by atoms with Gasteiger partial charge in [0.25, 0.3) is 0 Å². The number of rotatable bonds is 2. The number of ether oxygens (including phenoxy) is 1. The van der Waals surface area contributed by atoms with Gasteiger partial charge in [-0.15, -0.1) is 12.6 Å². The monoisotopic (exact) mass is 208 g/mol. The Kier molecular flexibility index (Phi) is 3.48. The number of methoxy groups -OCH3 is 1. The van der Waals surface area contributed by atoms with E-state index in [1.807, 2.05) is 6.07 Å². The molecule has 0 aliphatic rings. The lowest BCUT2D eigenvalue weighted by molar-refractivity contribution is -0.139. The quantitative estimate of drug-likeness (QED) is 0.580. The van der Waals surface area contributed by atoms with Crippen LogP contribution in [0.2, 0.25) is 0 Å². The fraction of sp³-hybridized carbons (Fsp3) is 0.222. The van der Waals surface area contributed by atoms with Crippen molar-refractivity contribution in [3.8, 4) is 6.07 Å². The van der Waals surface area contributed by atoms with Gasteiger partial charge in [0.2, 0.25) is 0 Å². The smallest absolute Gasteiger partial charge is 0.310 e. The molecule has 14 heavy (non-hydrogen) atoms. The maximum absolute atomic E-state index is 10.9. The lowest BCUT2D eigenvalue weighted by Crippen LogP contribution is -2.05. The second kappa shape index (κ2) is 4.63. The maximum atomic E-state index is 10.9. The predicted octanol–water partition coefficient (Wildman–Crippen LogP) is 0.957. The van der Waals surface area contributed by atoms with Gasteiger partial charge in [-0.2, -0.15) is 5.26 Å². The van der Waals surface area contributed by atoms with Gasteiger partial charge in [0.1, 0.15) is 6.07 Å². The number of carbonyl (C=O) groups excluding carboxylic acids is 1. The summed E-state index contributed by atoms with van der Waals surface area (Å²) in [6.45, 7) is 0. The standard InChI is InChI=1S/C9H8N2O2S/c1-13-9(12)3-6-2-8(14)7(4-10)11-5-6/h2,5,14H,3H2,1H3. The van der Waals surface area contributed by atoms with E-state index in [-0.39, 0.29) is 18.1 Å². The van der Waals surface area contributed by atoms with E-state index in [1.165, 1.54) is 13.3 Å². The number of hydrogen-bond acceptors (Lipinski definition) is 5. The van der Waals surface area contributed by atoms with Crippen molar-refractivity contribution in [1.29, 1.82) is 5.26 Å². The Hall–Kier alpha value is -1.54. The minimum Gasteiger partial charge on any atom is -0.469 e. The Morgan fingerprint density at radius 2 is 2.50 bits per heavy atom. The molecule has 0 N–H and O–H groups in total. The second-order valence-electron chi connectivity index (χ2n) is 2.58. The third-order valence-electron chi connectivity index (χ3n) is 1.61. The maximum Gasteiger partial charge on any atom is 0.310 e. The van der Waals surface area contributed by atoms with E-state index < -0.39 is 0 Å². The van der Waals surface area contributed by atoms with E-state index in [0.29, 0.717) is 10.5 Å². The summed E-state index contributed by atoms with van der Waals surface area (Å²) in [6.07, 6.45) is 1.61. The summed E-state index contributed by atoms with van der Waals surface area (Å²) in [6, 6.07) is 3.52. The van der Waals surface area contributed by atoms with Crippen molar-refractivity contribution in [2.45, 2.75) is 11.3 Å². The van der Waals surface area contributed by atoms with Crippen LogP contribution >= 0.6 is 12.6 Å². The molecule has 1 aromatic heterocycles. The molecule has 0 atom stereocenters. The molecule has 0 fully saturated rings. The van der Waals surface area contributed by atoms with Gasteiger partial charge in [-0.05, 0) is 11.6 Å². The highest BCUT2D eigenvalue weighted by molar-refractivity contribution is 7.80. The zero-order valence-corrected chi connectivity index (χ0v) is 8.41. The molecule has 0 aromatic carbocycles. The molecule has 0 radical (unpaired) electrons. The van der Waals surface area contributed by atoms with E-state index in [9.17, 15) is 4.79 Å². The van der Waals surface area contributed by atoms with Gasteiger partial charge in [-0.3, -0.25) is 4.79 Å². The summed E-state index contributed by atoms with van der Waals surface area (Å²) in [5.41, 5.74) is 0.933. The SMILES string of the molecule is COC(=O)Cc1cnc(C#N)c(S)c1. The largest absolute Gasteiger partial charge is 0.469 e. The van der Waals surface area contributed by atoms with Crippen LogP contribution in [-0.2, 0) is 16.0 Å². The van der Waals surface area contributed by atoms with E-state index in [0.717, 1.165) is 0 Å². The Labute approximate surface area is 86.9 Å². The molecule has 1 rings (SSSR count). The van der Waals surface area contributed by atoms with Crippen molar-refractivity contribution < 1.29 is 9.53 Å². The van der Waals surface area contributed by atoms with Crippen LogP contribution in [0.4, 0.5) is 0 Å². The first-order valence-corrected chi connectivity index (χ1v) is 4.27. The molecule has 1 aromatic rings. The van der Waals surface area contributed by atoms with Crippen LogP contribution in [0.15, 0.2) is 17.2 Å². The molecule has 0 unspecified atom stereocenters. The first-order chi connectivity index (χ1) is 6.67. The Bertz CT molecular complexity index is 398. The second-order valence-corrected chi connectivity index (χ2v) is 3.06. The van der Waals surface area contributed by atoms with E-state index >= 15 is 0 Å². The molecule has 0 amide bonds. The topological polar surface area (TPSA) is 63.0 Å². The molecule has 0 saturated heterocycles. The van der Waals surface area contributed by atoms with Crippen LogP contribution < -0.4 is 0 Å². The number of carbonyl (C=O) groups is 1. The van der Waals surface area contributed by atoms with Crippen molar-refractivity contribution >= 4 is 18.6 Å². The number of nitrogens with zero attached hydrogens (tertiary/aromatic N) is 2. The van der Waals surface area contributed by atoms with Crippen molar-refractivity contribution in [2.75, 3.05) is 7.11 Å². The molecule has 0 saturated carbocycles. The number of hydrogen-bond donors (Lipinski definition) is 1. The molecule has 0 bridgehead atoms. The molecular formula is C9H8N2O2S. The average Bonchev–Trinajstić information content (AvgIpc) is 2.18. The van der Waals surface area contributed by atoms with Crippen LogP contribution in [0.25, 0.3) is 0 Å². The zero-order valence-electron chi connectivity index (χ0n) is 7.52. The van der Waals surface area contributed by atoms with Gasteiger partial charge in [0.15, 0.2) is 5.69 Å². The average molecular weight is 208 g/mol. The van der Waals surface area contributed by atoms with Crippen molar-refractivity contribution in [2.24, 2.45) is 0 Å². The Balaban J connectivity index is 2.88. The molecule has 0 aliphatic carbocycles. The zero-order chi connectivity index (χ0) is 10.6. The minimum absolute atomic E-state index is 0.142. The van der Waals surface area contributed by atoms with E-state index in [4.69, 9.17) is 5.26 Å². The highest BCUT2D eigenvalue weighted by atomic mass is 32.1. The molecule has 0 aliphatic heterocycles. The van der Waals surface area contributed by atoms with Crippen LogP contribution in [0.3, 0.4) is 0 Å². The fourth-order valence-corrected chi connectivity index (χ4v) is 1.19. The molecule has 5 heteroatoms. The summed E-state index contributed by atoms with van der Waals surface area (Å²) in [5, 5.41) is 8.58. The lowest BCUT2D eigenvalue weighted by atomic mass is 10.2. The van der Waals surface area contributed by atoms with Crippen molar-refractivity contribution in [1.82, 2.24) is 4.98 Å². The van der Waals surface area contributed by atoms with E-state index in [1.54, 1.807) is 6.07 Å². The summed E-state index contributed by atoms with van der Waals surface area (Å²) in [7, 11) is 1.32. The number of pyridine rings is 1. The molecule has 1 heterocycles. The van der Waals surface area contributed by atoms with Gasteiger partial charge in [-0.1, -0.05) is 0 Å². The number of aromatic nitrogens is 1. The van der Waals surface area contributed by atoms with Crippen molar-refractivity contribution in [3.63, 3.8) is 0 Å². The number of nitriles is 1. The fourth-order valence-electron chi connectivity index (χ4n) is 0.916. The van der Waals surface area contributed by atoms with Crippen LogP contribution in [-0.4, -0.2) is 18.1 Å². The van der Waals surface area contributed by atoms with Gasteiger partial charge in [0, 0.05) is 11.1 Å². The molecule has 72 valence electrons. The molecule has 4 nitrogen and oxygen atoms in total. The number of esters is 1. The lowest BCUT2D eigenvalue weighted by Gasteiger charge is -2.01. The third-order valence-corrected chi connectivity index (χ3v) is 1.95. The summed E-state index contributed by atoms with van der Waals surface area (Å²) < 4.78 is 4.49. The molecular weight excluding hydrogens is 200 g/mol. The first-order valence-electron chi connectivity index (χ1n) is 3.82. The first kappa shape index (κ1) is 10.5. The van der Waals surface area contributed by atoms with Gasteiger partial charge < -0.3 is 4.74 Å². The summed E-state index contributed by atoms with van der Waals surface area (Å²) >= 11 is 4.06. The highest BCUT2D eigenvalue weighted by Crippen LogP contribution is 2.12. The molecule has 0 spiro atoms. The predicted molar refractivity (Wildman–Crippen MR) is 51.9 cm³/mol. The van der Waals surface area contributed by atoms with Gasteiger partial charge in [-0.25, -0.2) is 4.98 Å². The van der Waals surface area contributed by atoms with Crippen LogP contribution in [0.5, 0.6) is 0 Å². The highest BCUT2D eigenvalue weighted by Gasteiger charge is 2.06. The van der Waals surface area contributed by atoms with Crippen molar-refractivity contribution in [3.05, 3.63) is 23.5 Å². The number of thiol groups is 1. The van der Waals surface area contributed by atoms with Gasteiger partial charge >= 0.3 is 5.97 Å². The summed E-state index contributed by atoms with van der Waals surface area (Å²) in [4.78, 5) is 15.2. The minimum atomic E-state index is -0.343. The summed E-state index contributed by atoms with van der Waals surface area (Å²) in [5.74, 6) is -0.343. The normalized spacial score (nSPS) is 9.21. The third kappa shape index (κ3) is 2.47. The Morgan fingerprint density at radius 3 is 3.00 bits per heavy atom. The van der Waals surface area contributed by atoms with Crippen LogP contribution in [0.1, 0.15) is 11.3 Å². The van der Waals surface area contributed by atoms with Crippen LogP contribution in [0, 0.1) is 11.3 Å².